The van der Waals surface area contributed by atoms with Gasteiger partial charge < -0.3 is 4.90 Å². The third kappa shape index (κ3) is 3.09. The van der Waals surface area contributed by atoms with Crippen molar-refractivity contribution in [2.75, 3.05) is 4.90 Å². The standard InChI is InChI=1S/C25H24FN3/c1-25(2)15-14-23(18-6-4-3-5-7-18)28(25)22-12-13-24-19(16-22)17-27-29(24)21-10-8-20(26)9-11-21/h3-13,16-17,23H,14-15H2,1-2H3/t23-/m0/s1. The lowest BCUT2D eigenvalue weighted by Gasteiger charge is -2.38. The molecule has 2 heterocycles. The molecule has 0 spiro atoms. The molecule has 1 atom stereocenters. The first kappa shape index (κ1) is 17.9. The molecular formula is C25H24FN3. The second-order valence-electron chi connectivity index (χ2n) is 8.42. The molecule has 1 aliphatic heterocycles. The number of hydrogen-bond donors (Lipinski definition) is 0. The second kappa shape index (κ2) is 6.73. The highest BCUT2D eigenvalue weighted by atomic mass is 19.1. The van der Waals surface area contributed by atoms with Crippen molar-refractivity contribution in [2.45, 2.75) is 38.3 Å². The fourth-order valence-electron chi connectivity index (χ4n) is 4.64. The zero-order chi connectivity index (χ0) is 20.0. The fraction of sp³-hybridized carbons (Fsp3) is 0.240. The lowest BCUT2D eigenvalue weighted by molar-refractivity contribution is 0.505. The van der Waals surface area contributed by atoms with Crippen molar-refractivity contribution in [3.8, 4) is 5.69 Å². The summed E-state index contributed by atoms with van der Waals surface area (Å²) in [6, 6.07) is 24.1. The van der Waals surface area contributed by atoms with Gasteiger partial charge in [-0.25, -0.2) is 9.07 Å². The molecule has 1 aromatic heterocycles. The van der Waals surface area contributed by atoms with Crippen LogP contribution in [0.3, 0.4) is 0 Å². The van der Waals surface area contributed by atoms with Crippen LogP contribution in [0.25, 0.3) is 16.6 Å². The normalized spacial score (nSPS) is 18.4. The average molecular weight is 385 g/mol. The van der Waals surface area contributed by atoms with Gasteiger partial charge in [-0.3, -0.25) is 0 Å². The first-order valence-electron chi connectivity index (χ1n) is 10.1. The summed E-state index contributed by atoms with van der Waals surface area (Å²) in [5.74, 6) is -0.240. The van der Waals surface area contributed by atoms with Crippen molar-refractivity contribution in [1.29, 1.82) is 0 Å². The van der Waals surface area contributed by atoms with Crippen LogP contribution < -0.4 is 4.90 Å². The minimum absolute atomic E-state index is 0.0845. The van der Waals surface area contributed by atoms with Gasteiger partial charge in [0.1, 0.15) is 5.82 Å². The van der Waals surface area contributed by atoms with Crippen LogP contribution in [0.2, 0.25) is 0 Å². The Balaban J connectivity index is 1.56. The van der Waals surface area contributed by atoms with Crippen LogP contribution in [-0.4, -0.2) is 15.3 Å². The zero-order valence-corrected chi connectivity index (χ0v) is 16.7. The molecule has 0 radical (unpaired) electrons. The van der Waals surface area contributed by atoms with Crippen LogP contribution in [0.5, 0.6) is 0 Å². The fourth-order valence-corrected chi connectivity index (χ4v) is 4.64. The maximum atomic E-state index is 13.3. The van der Waals surface area contributed by atoms with Gasteiger partial charge in [-0.1, -0.05) is 30.3 Å². The van der Waals surface area contributed by atoms with Gasteiger partial charge in [0.2, 0.25) is 0 Å². The summed E-state index contributed by atoms with van der Waals surface area (Å²) in [5.41, 5.74) is 4.54. The van der Waals surface area contributed by atoms with Crippen molar-refractivity contribution >= 4 is 16.6 Å². The molecule has 4 heteroatoms. The molecule has 29 heavy (non-hydrogen) atoms. The monoisotopic (exact) mass is 385 g/mol. The Labute approximate surface area is 170 Å². The first-order valence-corrected chi connectivity index (χ1v) is 10.1. The predicted molar refractivity (Wildman–Crippen MR) is 116 cm³/mol. The van der Waals surface area contributed by atoms with E-state index < -0.39 is 0 Å². The Morgan fingerprint density at radius 1 is 0.931 bits per heavy atom. The van der Waals surface area contributed by atoms with Crippen molar-refractivity contribution in [3.05, 3.63) is 90.4 Å². The predicted octanol–water partition coefficient (Wildman–Crippen LogP) is 6.28. The highest BCUT2D eigenvalue weighted by molar-refractivity contribution is 5.84. The molecule has 5 rings (SSSR count). The Hall–Kier alpha value is -3.14. The maximum Gasteiger partial charge on any atom is 0.123 e. The summed E-state index contributed by atoms with van der Waals surface area (Å²) in [4.78, 5) is 2.55. The van der Waals surface area contributed by atoms with Gasteiger partial charge in [-0.05, 0) is 74.7 Å². The van der Waals surface area contributed by atoms with Gasteiger partial charge in [0.25, 0.3) is 0 Å². The molecule has 0 amide bonds. The largest absolute Gasteiger partial charge is 0.359 e. The Bertz CT molecular complexity index is 1150. The van der Waals surface area contributed by atoms with E-state index >= 15 is 0 Å². The number of benzene rings is 3. The number of rotatable bonds is 3. The van der Waals surface area contributed by atoms with Gasteiger partial charge in [-0.15, -0.1) is 0 Å². The van der Waals surface area contributed by atoms with E-state index in [0.29, 0.717) is 6.04 Å². The smallest absolute Gasteiger partial charge is 0.123 e. The van der Waals surface area contributed by atoms with Crippen LogP contribution in [0.15, 0.2) is 79.0 Å². The van der Waals surface area contributed by atoms with E-state index in [-0.39, 0.29) is 11.4 Å². The van der Waals surface area contributed by atoms with Crippen LogP contribution >= 0.6 is 0 Å². The number of halogens is 1. The van der Waals surface area contributed by atoms with Crippen LogP contribution in [0, 0.1) is 5.82 Å². The van der Waals surface area contributed by atoms with Gasteiger partial charge in [0.15, 0.2) is 0 Å². The number of aromatic nitrogens is 2. The van der Waals surface area contributed by atoms with E-state index in [1.54, 1.807) is 12.1 Å². The number of anilines is 1. The first-order chi connectivity index (χ1) is 14.0. The van der Waals surface area contributed by atoms with E-state index in [4.69, 9.17) is 0 Å². The molecule has 1 saturated heterocycles. The lowest BCUT2D eigenvalue weighted by Crippen LogP contribution is -2.39. The van der Waals surface area contributed by atoms with E-state index in [2.05, 4.69) is 72.4 Å². The Morgan fingerprint density at radius 2 is 1.66 bits per heavy atom. The minimum atomic E-state index is -0.240. The Morgan fingerprint density at radius 3 is 2.41 bits per heavy atom. The summed E-state index contributed by atoms with van der Waals surface area (Å²) < 4.78 is 15.1. The third-order valence-electron chi connectivity index (χ3n) is 6.08. The van der Waals surface area contributed by atoms with E-state index in [1.165, 1.54) is 23.4 Å². The van der Waals surface area contributed by atoms with Crippen LogP contribution in [0.4, 0.5) is 10.1 Å². The molecule has 0 N–H and O–H groups in total. The highest BCUT2D eigenvalue weighted by Crippen LogP contribution is 2.46. The summed E-state index contributed by atoms with van der Waals surface area (Å²) in [6.45, 7) is 4.64. The number of nitrogens with zero attached hydrogens (tertiary/aromatic N) is 3. The van der Waals surface area contributed by atoms with Gasteiger partial charge in [0.05, 0.1) is 23.4 Å². The van der Waals surface area contributed by atoms with Crippen LogP contribution in [-0.2, 0) is 0 Å². The van der Waals surface area contributed by atoms with E-state index in [0.717, 1.165) is 29.4 Å². The lowest BCUT2D eigenvalue weighted by atomic mass is 10.0. The maximum absolute atomic E-state index is 13.3. The number of fused-ring (bicyclic) bond motifs is 1. The quantitative estimate of drug-likeness (QED) is 0.413. The molecule has 146 valence electrons. The SMILES string of the molecule is CC1(C)CC[C@@H](c2ccccc2)N1c1ccc2c(cnn2-c2ccc(F)cc2)c1. The molecule has 3 aromatic carbocycles. The highest BCUT2D eigenvalue weighted by Gasteiger charge is 2.40. The molecule has 0 unspecified atom stereocenters. The van der Waals surface area contributed by atoms with E-state index in [9.17, 15) is 4.39 Å². The second-order valence-corrected chi connectivity index (χ2v) is 8.42. The zero-order valence-electron chi connectivity index (χ0n) is 16.7. The molecule has 0 bridgehead atoms. The molecular weight excluding hydrogens is 361 g/mol. The molecule has 0 saturated carbocycles. The third-order valence-corrected chi connectivity index (χ3v) is 6.08. The molecule has 3 nitrogen and oxygen atoms in total. The van der Waals surface area contributed by atoms with Crippen molar-refractivity contribution in [3.63, 3.8) is 0 Å². The molecule has 0 aliphatic carbocycles. The molecule has 1 aliphatic rings. The average Bonchev–Trinajstić information content (AvgIpc) is 3.29. The van der Waals surface area contributed by atoms with Crippen molar-refractivity contribution < 1.29 is 4.39 Å². The van der Waals surface area contributed by atoms with E-state index in [1.807, 2.05) is 10.9 Å². The van der Waals surface area contributed by atoms with Gasteiger partial charge in [0, 0.05) is 16.6 Å². The van der Waals surface area contributed by atoms with Crippen LogP contribution in [0.1, 0.15) is 38.3 Å². The summed E-state index contributed by atoms with van der Waals surface area (Å²) >= 11 is 0. The number of hydrogen-bond acceptors (Lipinski definition) is 2. The minimum Gasteiger partial charge on any atom is -0.359 e. The van der Waals surface area contributed by atoms with Crippen molar-refractivity contribution in [1.82, 2.24) is 9.78 Å². The summed E-state index contributed by atoms with van der Waals surface area (Å²) in [5, 5.41) is 5.64. The molecule has 1 fully saturated rings. The van der Waals surface area contributed by atoms with Gasteiger partial charge >= 0.3 is 0 Å². The van der Waals surface area contributed by atoms with Crippen molar-refractivity contribution in [2.24, 2.45) is 0 Å². The summed E-state index contributed by atoms with van der Waals surface area (Å²) in [6.07, 6.45) is 4.19. The Kier molecular flexibility index (Phi) is 4.16. The van der Waals surface area contributed by atoms with Gasteiger partial charge in [-0.2, -0.15) is 5.10 Å². The topological polar surface area (TPSA) is 21.1 Å². The molecule has 4 aromatic rings. The summed E-state index contributed by atoms with van der Waals surface area (Å²) in [7, 11) is 0.